The van der Waals surface area contributed by atoms with E-state index in [-0.39, 0.29) is 5.96 Å². The number of hydrogen-bond donors (Lipinski definition) is 3. The average molecular weight is 317 g/mol. The fourth-order valence-corrected chi connectivity index (χ4v) is 2.55. The van der Waals surface area contributed by atoms with Gasteiger partial charge in [0.2, 0.25) is 0 Å². The summed E-state index contributed by atoms with van der Waals surface area (Å²) >= 11 is 5.55. The molecule has 4 N–H and O–H groups in total. The van der Waals surface area contributed by atoms with Crippen LogP contribution in [-0.2, 0) is 0 Å². The first-order valence-corrected chi connectivity index (χ1v) is 7.11. The Balaban J connectivity index is 2.34. The number of ether oxygens (including phenoxy) is 1. The summed E-state index contributed by atoms with van der Waals surface area (Å²) in [5.41, 5.74) is 5.97. The number of nitrogens with two attached hydrogens (primary N) is 1. The van der Waals surface area contributed by atoms with E-state index in [2.05, 4.69) is 10.3 Å². The number of methoxy groups -OCH3 is 1. The minimum Gasteiger partial charge on any atom is -0.493 e. The number of nitrogens with zero attached hydrogens (tertiary/aromatic N) is 2. The van der Waals surface area contributed by atoms with Crippen molar-refractivity contribution >= 4 is 29.0 Å². The Labute approximate surface area is 135 Å². The van der Waals surface area contributed by atoms with Gasteiger partial charge in [-0.15, -0.1) is 0 Å². The highest BCUT2D eigenvalue weighted by molar-refractivity contribution is 7.80. The molecule has 1 aliphatic rings. The van der Waals surface area contributed by atoms with Crippen LogP contribution in [-0.4, -0.2) is 33.5 Å². The molecule has 2 rings (SSSR count). The van der Waals surface area contributed by atoms with Gasteiger partial charge in [0.05, 0.1) is 7.11 Å². The largest absolute Gasteiger partial charge is 0.493 e. The zero-order valence-corrected chi connectivity index (χ0v) is 13.6. The summed E-state index contributed by atoms with van der Waals surface area (Å²) in [5.74, 6) is 1.04. The zero-order chi connectivity index (χ0) is 16.3. The van der Waals surface area contributed by atoms with Crippen molar-refractivity contribution in [3.8, 4) is 5.75 Å². The molecule has 2 heterocycles. The second-order valence-electron chi connectivity index (χ2n) is 5.12. The Morgan fingerprint density at radius 2 is 2.27 bits per heavy atom. The molecular formula is C15H19N5OS. The molecule has 1 aliphatic heterocycles. The normalized spacial score (nSPS) is 20.3. The fourth-order valence-electron chi connectivity index (χ4n) is 2.30. The average Bonchev–Trinajstić information content (AvgIpc) is 2.47. The molecule has 1 aromatic rings. The zero-order valence-electron chi connectivity index (χ0n) is 12.8. The number of nitrogens with one attached hydrogen (secondary N) is 2. The van der Waals surface area contributed by atoms with Crippen molar-refractivity contribution in [3.05, 3.63) is 42.3 Å². The van der Waals surface area contributed by atoms with Crippen molar-refractivity contribution in [2.75, 3.05) is 12.4 Å². The van der Waals surface area contributed by atoms with Crippen LogP contribution in [0.4, 0.5) is 5.82 Å². The molecular weight excluding hydrogens is 298 g/mol. The van der Waals surface area contributed by atoms with E-state index in [4.69, 9.17) is 28.1 Å². The molecule has 0 aromatic carbocycles. The summed E-state index contributed by atoms with van der Waals surface area (Å²) in [7, 11) is 1.57. The van der Waals surface area contributed by atoms with Crippen LogP contribution in [0.2, 0.25) is 0 Å². The summed E-state index contributed by atoms with van der Waals surface area (Å²) in [6.45, 7) is 3.86. The van der Waals surface area contributed by atoms with E-state index in [1.807, 2.05) is 26.0 Å². The molecule has 22 heavy (non-hydrogen) atoms. The summed E-state index contributed by atoms with van der Waals surface area (Å²) in [6, 6.07) is 3.58. The first-order chi connectivity index (χ1) is 10.4. The third-order valence-corrected chi connectivity index (χ3v) is 3.95. The topological polar surface area (TPSA) is 87.3 Å². The van der Waals surface area contributed by atoms with Gasteiger partial charge >= 0.3 is 0 Å². The molecule has 6 nitrogen and oxygen atoms in total. The lowest BCUT2D eigenvalue weighted by molar-refractivity contribution is 0.409. The molecule has 0 spiro atoms. The summed E-state index contributed by atoms with van der Waals surface area (Å²) in [5, 5.41) is 10.9. The smallest absolute Gasteiger partial charge is 0.193 e. The molecule has 0 bridgehead atoms. The SMILES string of the molecule is COc1cccnc1NC(=S)C1(C)C=C(C)C=CN1C(=N)N. The first-order valence-electron chi connectivity index (χ1n) is 6.70. The van der Waals surface area contributed by atoms with Crippen molar-refractivity contribution in [2.24, 2.45) is 5.73 Å². The number of thiocarbonyl (C=S) groups is 1. The van der Waals surface area contributed by atoms with Crippen LogP contribution in [0.5, 0.6) is 5.75 Å². The lowest BCUT2D eigenvalue weighted by Gasteiger charge is -2.40. The molecule has 0 saturated carbocycles. The molecule has 0 saturated heterocycles. The van der Waals surface area contributed by atoms with Crippen LogP contribution < -0.4 is 15.8 Å². The van der Waals surface area contributed by atoms with Gasteiger partial charge < -0.3 is 20.7 Å². The maximum Gasteiger partial charge on any atom is 0.193 e. The number of anilines is 1. The summed E-state index contributed by atoms with van der Waals surface area (Å²) in [4.78, 5) is 6.32. The van der Waals surface area contributed by atoms with E-state index in [0.29, 0.717) is 16.6 Å². The van der Waals surface area contributed by atoms with Gasteiger partial charge in [-0.2, -0.15) is 0 Å². The Kier molecular flexibility index (Phi) is 4.46. The molecule has 1 atom stereocenters. The van der Waals surface area contributed by atoms with Crippen LogP contribution in [0.1, 0.15) is 13.8 Å². The highest BCUT2D eigenvalue weighted by Crippen LogP contribution is 2.28. The molecule has 116 valence electrons. The van der Waals surface area contributed by atoms with Crippen LogP contribution in [0, 0.1) is 5.41 Å². The minimum absolute atomic E-state index is 0.0837. The fraction of sp³-hybridized carbons (Fsp3) is 0.267. The number of hydrogen-bond acceptors (Lipinski definition) is 4. The second-order valence-corrected chi connectivity index (χ2v) is 5.52. The van der Waals surface area contributed by atoms with Crippen molar-refractivity contribution in [1.82, 2.24) is 9.88 Å². The van der Waals surface area contributed by atoms with Crippen LogP contribution in [0.15, 0.2) is 42.3 Å². The first kappa shape index (κ1) is 16.0. The molecule has 0 amide bonds. The Bertz CT molecular complexity index is 670. The monoisotopic (exact) mass is 317 g/mol. The highest BCUT2D eigenvalue weighted by Gasteiger charge is 2.36. The van der Waals surface area contributed by atoms with Crippen molar-refractivity contribution < 1.29 is 4.74 Å². The predicted octanol–water partition coefficient (Wildman–Crippen LogP) is 2.26. The van der Waals surface area contributed by atoms with Gasteiger partial charge in [-0.05, 0) is 38.1 Å². The standard InChI is InChI=1S/C15H19N5OS/c1-10-6-8-20(14(16)17)15(2,9-10)13(22)19-12-11(21-3)5-4-7-18-12/h4-9H,1-3H3,(H3,16,17)(H,18,19,22). The van der Waals surface area contributed by atoms with Gasteiger partial charge in [-0.1, -0.05) is 17.8 Å². The third kappa shape index (κ3) is 2.94. The molecule has 1 aromatic heterocycles. The summed E-state index contributed by atoms with van der Waals surface area (Å²) < 4.78 is 5.27. The molecule has 0 aliphatic carbocycles. The molecule has 7 heteroatoms. The third-order valence-electron chi connectivity index (χ3n) is 3.44. The Morgan fingerprint density at radius 1 is 1.55 bits per heavy atom. The lowest BCUT2D eigenvalue weighted by Crippen LogP contribution is -2.55. The van der Waals surface area contributed by atoms with E-state index in [1.54, 1.807) is 36.5 Å². The number of aromatic nitrogens is 1. The van der Waals surface area contributed by atoms with Crippen molar-refractivity contribution in [3.63, 3.8) is 0 Å². The van der Waals surface area contributed by atoms with Crippen LogP contribution in [0.25, 0.3) is 0 Å². The van der Waals surface area contributed by atoms with E-state index in [9.17, 15) is 0 Å². The number of guanidine groups is 1. The van der Waals surface area contributed by atoms with E-state index in [1.165, 1.54) is 0 Å². The quantitative estimate of drug-likeness (QED) is 0.450. The van der Waals surface area contributed by atoms with Crippen molar-refractivity contribution in [2.45, 2.75) is 19.4 Å². The van der Waals surface area contributed by atoms with Gasteiger partial charge in [-0.3, -0.25) is 5.41 Å². The highest BCUT2D eigenvalue weighted by atomic mass is 32.1. The minimum atomic E-state index is -0.747. The van der Waals surface area contributed by atoms with E-state index >= 15 is 0 Å². The lowest BCUT2D eigenvalue weighted by atomic mass is 9.94. The van der Waals surface area contributed by atoms with Gasteiger partial charge in [0.1, 0.15) is 10.5 Å². The maximum atomic E-state index is 7.76. The van der Waals surface area contributed by atoms with Gasteiger partial charge in [0, 0.05) is 12.4 Å². The summed E-state index contributed by atoms with van der Waals surface area (Å²) in [6.07, 6.45) is 7.24. The predicted molar refractivity (Wildman–Crippen MR) is 92.1 cm³/mol. The van der Waals surface area contributed by atoms with Gasteiger partial charge in [0.25, 0.3) is 0 Å². The second kappa shape index (κ2) is 6.15. The van der Waals surface area contributed by atoms with E-state index < -0.39 is 5.54 Å². The van der Waals surface area contributed by atoms with Gasteiger partial charge in [0.15, 0.2) is 17.5 Å². The molecule has 1 unspecified atom stereocenters. The Hall–Kier alpha value is -2.41. The molecule has 0 fully saturated rings. The number of rotatable bonds is 3. The van der Waals surface area contributed by atoms with Gasteiger partial charge in [-0.25, -0.2) is 4.98 Å². The maximum absolute atomic E-state index is 7.76. The number of allylic oxidation sites excluding steroid dienone is 2. The van der Waals surface area contributed by atoms with Crippen LogP contribution in [0.3, 0.4) is 0 Å². The van der Waals surface area contributed by atoms with Crippen LogP contribution >= 0.6 is 12.2 Å². The van der Waals surface area contributed by atoms with Crippen molar-refractivity contribution in [1.29, 1.82) is 5.41 Å². The molecule has 0 radical (unpaired) electrons. The van der Waals surface area contributed by atoms with E-state index in [0.717, 1.165) is 5.57 Å². The number of pyridine rings is 1. The Morgan fingerprint density at radius 3 is 2.91 bits per heavy atom.